The van der Waals surface area contributed by atoms with Gasteiger partial charge in [-0.1, -0.05) is 11.6 Å². The predicted octanol–water partition coefficient (Wildman–Crippen LogP) is 2.34. The molecule has 1 saturated heterocycles. The number of aryl methyl sites for hydroxylation is 1. The maximum absolute atomic E-state index is 13.4. The number of rotatable bonds is 3. The highest BCUT2D eigenvalue weighted by Gasteiger charge is 2.38. The molecule has 0 atom stereocenters. The molecule has 2 nitrogen and oxygen atoms in total. The Morgan fingerprint density at radius 2 is 2.19 bits per heavy atom. The molecule has 1 fully saturated rings. The Balaban J connectivity index is 2.24. The summed E-state index contributed by atoms with van der Waals surface area (Å²) in [5.41, 5.74) is 1.00. The molecule has 1 N–H and O–H groups in total. The molecule has 1 aromatic carbocycles. The minimum Gasteiger partial charge on any atom is -0.396 e. The fourth-order valence-electron chi connectivity index (χ4n) is 1.87. The third-order valence-corrected chi connectivity index (χ3v) is 3.40. The lowest BCUT2D eigenvalue weighted by molar-refractivity contribution is -0.136. The lowest BCUT2D eigenvalue weighted by Gasteiger charge is -2.40. The number of hydrogen-bond acceptors (Lipinski definition) is 2. The Kier molecular flexibility index (Phi) is 3.19. The van der Waals surface area contributed by atoms with Crippen LogP contribution in [0, 0.1) is 18.2 Å². The summed E-state index contributed by atoms with van der Waals surface area (Å²) in [4.78, 5) is 0. The van der Waals surface area contributed by atoms with Crippen LogP contribution < -0.4 is 0 Å². The number of ether oxygens (including phenoxy) is 1. The van der Waals surface area contributed by atoms with Gasteiger partial charge in [-0.2, -0.15) is 0 Å². The van der Waals surface area contributed by atoms with Crippen LogP contribution in [0.15, 0.2) is 12.1 Å². The van der Waals surface area contributed by atoms with Crippen LogP contribution in [0.3, 0.4) is 0 Å². The number of aliphatic hydroxyl groups excluding tert-OH is 1. The SMILES string of the molecule is Cc1cc(Cl)c(CC2(CO)COC2)cc1F. The van der Waals surface area contributed by atoms with E-state index < -0.39 is 0 Å². The lowest BCUT2D eigenvalue weighted by atomic mass is 9.80. The molecule has 2 rings (SSSR count). The molecule has 0 unspecified atom stereocenters. The van der Waals surface area contributed by atoms with Crippen LogP contribution in [0.25, 0.3) is 0 Å². The van der Waals surface area contributed by atoms with Gasteiger partial charge in [0.15, 0.2) is 0 Å². The normalized spacial score (nSPS) is 18.2. The van der Waals surface area contributed by atoms with Gasteiger partial charge < -0.3 is 9.84 Å². The van der Waals surface area contributed by atoms with Crippen molar-refractivity contribution in [3.8, 4) is 0 Å². The Labute approximate surface area is 99.0 Å². The fraction of sp³-hybridized carbons (Fsp3) is 0.500. The molecule has 1 heterocycles. The molecule has 16 heavy (non-hydrogen) atoms. The highest BCUT2D eigenvalue weighted by atomic mass is 35.5. The maximum Gasteiger partial charge on any atom is 0.126 e. The van der Waals surface area contributed by atoms with E-state index >= 15 is 0 Å². The first-order valence-corrected chi connectivity index (χ1v) is 5.57. The van der Waals surface area contributed by atoms with Crippen molar-refractivity contribution < 1.29 is 14.2 Å². The summed E-state index contributed by atoms with van der Waals surface area (Å²) in [6.45, 7) is 2.74. The summed E-state index contributed by atoms with van der Waals surface area (Å²) in [6, 6.07) is 3.07. The molecule has 0 saturated carbocycles. The van der Waals surface area contributed by atoms with E-state index in [1.165, 1.54) is 6.07 Å². The van der Waals surface area contributed by atoms with Crippen LogP contribution in [-0.4, -0.2) is 24.9 Å². The quantitative estimate of drug-likeness (QED) is 0.885. The molecule has 1 aromatic rings. The number of halogens is 2. The lowest BCUT2D eigenvalue weighted by Crippen LogP contribution is -2.47. The number of aliphatic hydroxyl groups is 1. The zero-order chi connectivity index (χ0) is 11.8. The van der Waals surface area contributed by atoms with Crippen molar-refractivity contribution in [3.05, 3.63) is 34.1 Å². The molecule has 0 spiro atoms. The van der Waals surface area contributed by atoms with Crippen molar-refractivity contribution in [2.24, 2.45) is 5.41 Å². The van der Waals surface area contributed by atoms with Crippen LogP contribution in [-0.2, 0) is 11.2 Å². The summed E-state index contributed by atoms with van der Waals surface area (Å²) >= 11 is 6.06. The summed E-state index contributed by atoms with van der Waals surface area (Å²) in [5.74, 6) is -0.257. The van der Waals surface area contributed by atoms with E-state index in [4.69, 9.17) is 16.3 Å². The van der Waals surface area contributed by atoms with E-state index in [0.717, 1.165) is 5.56 Å². The third-order valence-electron chi connectivity index (χ3n) is 3.05. The number of benzene rings is 1. The molecule has 1 aliphatic heterocycles. The molecular weight excluding hydrogens is 231 g/mol. The van der Waals surface area contributed by atoms with Crippen molar-refractivity contribution in [2.45, 2.75) is 13.3 Å². The van der Waals surface area contributed by atoms with E-state index in [1.54, 1.807) is 13.0 Å². The van der Waals surface area contributed by atoms with Gasteiger partial charge in [-0.15, -0.1) is 0 Å². The topological polar surface area (TPSA) is 29.5 Å². The Morgan fingerprint density at radius 3 is 2.69 bits per heavy atom. The van der Waals surface area contributed by atoms with Gasteiger partial charge in [0, 0.05) is 10.4 Å². The van der Waals surface area contributed by atoms with E-state index in [0.29, 0.717) is 30.2 Å². The Bertz CT molecular complexity index is 397. The van der Waals surface area contributed by atoms with Gasteiger partial charge in [0.25, 0.3) is 0 Å². The van der Waals surface area contributed by atoms with Gasteiger partial charge in [0.2, 0.25) is 0 Å². The average molecular weight is 245 g/mol. The van der Waals surface area contributed by atoms with Crippen LogP contribution in [0.1, 0.15) is 11.1 Å². The van der Waals surface area contributed by atoms with E-state index in [9.17, 15) is 9.50 Å². The molecule has 88 valence electrons. The largest absolute Gasteiger partial charge is 0.396 e. The van der Waals surface area contributed by atoms with Gasteiger partial charge in [-0.25, -0.2) is 4.39 Å². The first-order chi connectivity index (χ1) is 7.56. The summed E-state index contributed by atoms with van der Waals surface area (Å²) < 4.78 is 18.5. The third kappa shape index (κ3) is 2.08. The molecule has 0 amide bonds. The minimum absolute atomic E-state index is 0.0405. The van der Waals surface area contributed by atoms with Crippen molar-refractivity contribution in [2.75, 3.05) is 19.8 Å². The second-order valence-corrected chi connectivity index (χ2v) is 4.93. The first-order valence-electron chi connectivity index (χ1n) is 5.19. The smallest absolute Gasteiger partial charge is 0.126 e. The Hall–Kier alpha value is -0.640. The highest BCUT2D eigenvalue weighted by molar-refractivity contribution is 6.31. The monoisotopic (exact) mass is 244 g/mol. The van der Waals surface area contributed by atoms with Crippen molar-refractivity contribution in [3.63, 3.8) is 0 Å². The molecule has 1 aliphatic rings. The van der Waals surface area contributed by atoms with Gasteiger partial charge >= 0.3 is 0 Å². The van der Waals surface area contributed by atoms with Crippen LogP contribution in [0.5, 0.6) is 0 Å². The minimum atomic E-state index is -0.272. The molecule has 0 bridgehead atoms. The van der Waals surface area contributed by atoms with Gasteiger partial charge in [-0.05, 0) is 36.6 Å². The maximum atomic E-state index is 13.4. The standard InChI is InChI=1S/C12H14ClFO2/c1-8-2-10(13)9(3-11(8)14)4-12(5-15)6-16-7-12/h2-3,15H,4-7H2,1H3. The van der Waals surface area contributed by atoms with E-state index in [1.807, 2.05) is 0 Å². The first kappa shape index (κ1) is 11.8. The fourth-order valence-corrected chi connectivity index (χ4v) is 2.15. The molecule has 0 radical (unpaired) electrons. The van der Waals surface area contributed by atoms with E-state index in [-0.39, 0.29) is 17.8 Å². The second-order valence-electron chi connectivity index (χ2n) is 4.52. The van der Waals surface area contributed by atoms with Gasteiger partial charge in [0.1, 0.15) is 5.82 Å². The number of hydrogen-bond donors (Lipinski definition) is 1. The highest BCUT2D eigenvalue weighted by Crippen LogP contribution is 2.34. The Morgan fingerprint density at radius 1 is 1.50 bits per heavy atom. The molecule has 0 aliphatic carbocycles. The zero-order valence-corrected chi connectivity index (χ0v) is 9.85. The van der Waals surface area contributed by atoms with E-state index in [2.05, 4.69) is 0 Å². The zero-order valence-electron chi connectivity index (χ0n) is 9.09. The summed E-state index contributed by atoms with van der Waals surface area (Å²) in [6.07, 6.45) is 0.555. The van der Waals surface area contributed by atoms with Crippen LogP contribution in [0.2, 0.25) is 5.02 Å². The molecule has 4 heteroatoms. The molecule has 0 aromatic heterocycles. The van der Waals surface area contributed by atoms with Crippen molar-refractivity contribution in [1.29, 1.82) is 0 Å². The van der Waals surface area contributed by atoms with Crippen LogP contribution >= 0.6 is 11.6 Å². The predicted molar refractivity (Wildman–Crippen MR) is 60.2 cm³/mol. The van der Waals surface area contributed by atoms with Crippen LogP contribution in [0.4, 0.5) is 4.39 Å². The van der Waals surface area contributed by atoms with Gasteiger partial charge in [-0.3, -0.25) is 0 Å². The second kappa shape index (κ2) is 4.32. The van der Waals surface area contributed by atoms with Gasteiger partial charge in [0.05, 0.1) is 19.8 Å². The van der Waals surface area contributed by atoms with Crippen molar-refractivity contribution >= 4 is 11.6 Å². The summed E-state index contributed by atoms with van der Waals surface area (Å²) in [5, 5.41) is 9.85. The summed E-state index contributed by atoms with van der Waals surface area (Å²) in [7, 11) is 0. The van der Waals surface area contributed by atoms with Crippen molar-refractivity contribution in [1.82, 2.24) is 0 Å². The molecular formula is C12H14ClFO2. The average Bonchev–Trinajstić information content (AvgIpc) is 2.19.